The molecule has 21 heavy (non-hydrogen) atoms. The lowest BCUT2D eigenvalue weighted by molar-refractivity contribution is 0.0641. The SMILES string of the molecule is COCCOCCCOc1ncc(Br)cc1CNC1CC1. The van der Waals surface area contributed by atoms with Gasteiger partial charge in [-0.25, -0.2) is 4.98 Å². The van der Waals surface area contributed by atoms with Gasteiger partial charge in [0, 0.05) is 49.0 Å². The number of hydrogen-bond acceptors (Lipinski definition) is 5. The molecule has 1 saturated carbocycles. The topological polar surface area (TPSA) is 52.6 Å². The lowest BCUT2D eigenvalue weighted by Gasteiger charge is -2.11. The molecule has 0 unspecified atom stereocenters. The molecular weight excluding hydrogens is 336 g/mol. The van der Waals surface area contributed by atoms with Gasteiger partial charge in [-0.15, -0.1) is 0 Å². The average molecular weight is 359 g/mol. The van der Waals surface area contributed by atoms with Gasteiger partial charge in [-0.05, 0) is 34.8 Å². The van der Waals surface area contributed by atoms with Crippen molar-refractivity contribution in [3.8, 4) is 5.88 Å². The Kier molecular flexibility index (Phi) is 7.43. The summed E-state index contributed by atoms with van der Waals surface area (Å²) in [6, 6.07) is 2.73. The minimum Gasteiger partial charge on any atom is -0.477 e. The second-order valence-corrected chi connectivity index (χ2v) is 6.00. The molecule has 1 aromatic heterocycles. The van der Waals surface area contributed by atoms with Gasteiger partial charge in [0.05, 0.1) is 19.8 Å². The molecule has 1 aliphatic rings. The van der Waals surface area contributed by atoms with Crippen LogP contribution >= 0.6 is 15.9 Å². The first-order valence-electron chi connectivity index (χ1n) is 7.37. The highest BCUT2D eigenvalue weighted by atomic mass is 79.9. The van der Waals surface area contributed by atoms with E-state index in [4.69, 9.17) is 14.2 Å². The van der Waals surface area contributed by atoms with Crippen molar-refractivity contribution in [1.29, 1.82) is 0 Å². The van der Waals surface area contributed by atoms with Crippen LogP contribution < -0.4 is 10.1 Å². The third-order valence-electron chi connectivity index (χ3n) is 3.15. The minimum atomic E-state index is 0.609. The lowest BCUT2D eigenvalue weighted by atomic mass is 10.2. The highest BCUT2D eigenvalue weighted by molar-refractivity contribution is 9.10. The van der Waals surface area contributed by atoms with Crippen LogP contribution in [0.1, 0.15) is 24.8 Å². The average Bonchev–Trinajstić information content (AvgIpc) is 3.30. The Morgan fingerprint density at radius 3 is 2.90 bits per heavy atom. The third-order valence-corrected chi connectivity index (χ3v) is 3.59. The van der Waals surface area contributed by atoms with E-state index in [0.717, 1.165) is 23.0 Å². The fraction of sp³-hybridized carbons (Fsp3) is 0.667. The van der Waals surface area contributed by atoms with Gasteiger partial charge in [-0.1, -0.05) is 0 Å². The van der Waals surface area contributed by atoms with E-state index < -0.39 is 0 Å². The molecule has 0 atom stereocenters. The maximum Gasteiger partial charge on any atom is 0.217 e. The molecule has 0 aromatic carbocycles. The predicted molar refractivity (Wildman–Crippen MR) is 84.6 cm³/mol. The molecule has 0 bridgehead atoms. The Bertz CT molecular complexity index is 427. The van der Waals surface area contributed by atoms with Crippen LogP contribution in [0, 0.1) is 0 Å². The molecule has 118 valence electrons. The number of nitrogens with zero attached hydrogens (tertiary/aromatic N) is 1. The maximum absolute atomic E-state index is 5.77. The van der Waals surface area contributed by atoms with Gasteiger partial charge in [0.15, 0.2) is 0 Å². The molecule has 1 fully saturated rings. The Morgan fingerprint density at radius 1 is 1.29 bits per heavy atom. The molecular formula is C15H23BrN2O3. The van der Waals surface area contributed by atoms with Crippen LogP contribution in [0.15, 0.2) is 16.7 Å². The Morgan fingerprint density at radius 2 is 2.14 bits per heavy atom. The predicted octanol–water partition coefficient (Wildman–Crippen LogP) is 2.53. The van der Waals surface area contributed by atoms with Crippen LogP contribution in [0.25, 0.3) is 0 Å². The van der Waals surface area contributed by atoms with Crippen LogP contribution in [-0.2, 0) is 16.0 Å². The normalized spacial score (nSPS) is 14.4. The summed E-state index contributed by atoms with van der Waals surface area (Å²) >= 11 is 3.46. The summed E-state index contributed by atoms with van der Waals surface area (Å²) in [5, 5.41) is 3.49. The molecule has 0 saturated heterocycles. The first-order valence-corrected chi connectivity index (χ1v) is 8.16. The molecule has 1 heterocycles. The summed E-state index contributed by atoms with van der Waals surface area (Å²) in [6.45, 7) is 3.35. The number of ether oxygens (including phenoxy) is 3. The smallest absolute Gasteiger partial charge is 0.217 e. The summed E-state index contributed by atoms with van der Waals surface area (Å²) in [7, 11) is 1.67. The van der Waals surface area contributed by atoms with Crippen LogP contribution in [0.3, 0.4) is 0 Å². The van der Waals surface area contributed by atoms with E-state index in [1.54, 1.807) is 13.3 Å². The van der Waals surface area contributed by atoms with Crippen molar-refractivity contribution in [1.82, 2.24) is 10.3 Å². The van der Waals surface area contributed by atoms with Crippen LogP contribution in [-0.4, -0.2) is 44.6 Å². The molecule has 2 rings (SSSR count). The molecule has 0 spiro atoms. The number of methoxy groups -OCH3 is 1. The van der Waals surface area contributed by atoms with Crippen molar-refractivity contribution in [2.45, 2.75) is 31.8 Å². The van der Waals surface area contributed by atoms with Gasteiger partial charge in [-0.3, -0.25) is 0 Å². The van der Waals surface area contributed by atoms with Crippen molar-refractivity contribution in [2.24, 2.45) is 0 Å². The van der Waals surface area contributed by atoms with E-state index in [1.807, 2.05) is 0 Å². The van der Waals surface area contributed by atoms with Crippen LogP contribution in [0.5, 0.6) is 5.88 Å². The second-order valence-electron chi connectivity index (χ2n) is 5.08. The third kappa shape index (κ3) is 6.74. The van der Waals surface area contributed by atoms with E-state index in [-0.39, 0.29) is 0 Å². The van der Waals surface area contributed by atoms with Gasteiger partial charge in [0.25, 0.3) is 0 Å². The van der Waals surface area contributed by atoms with Crippen LogP contribution in [0.2, 0.25) is 0 Å². The summed E-state index contributed by atoms with van der Waals surface area (Å²) in [5.41, 5.74) is 1.09. The first kappa shape index (κ1) is 16.7. The summed E-state index contributed by atoms with van der Waals surface area (Å²) in [4.78, 5) is 4.35. The number of rotatable bonds is 11. The zero-order chi connectivity index (χ0) is 14.9. The number of pyridine rings is 1. The zero-order valence-electron chi connectivity index (χ0n) is 12.4. The fourth-order valence-electron chi connectivity index (χ4n) is 1.84. The molecule has 5 nitrogen and oxygen atoms in total. The number of hydrogen-bond donors (Lipinski definition) is 1. The number of nitrogens with one attached hydrogen (secondary N) is 1. The highest BCUT2D eigenvalue weighted by Gasteiger charge is 2.20. The van der Waals surface area contributed by atoms with Gasteiger partial charge in [0.1, 0.15) is 0 Å². The molecule has 0 aliphatic heterocycles. The molecule has 1 aromatic rings. The molecule has 1 aliphatic carbocycles. The van der Waals surface area contributed by atoms with Gasteiger partial charge in [-0.2, -0.15) is 0 Å². The monoisotopic (exact) mass is 358 g/mol. The fourth-order valence-corrected chi connectivity index (χ4v) is 2.22. The van der Waals surface area contributed by atoms with Gasteiger partial charge < -0.3 is 19.5 Å². The molecule has 0 radical (unpaired) electrons. The van der Waals surface area contributed by atoms with E-state index in [0.29, 0.717) is 38.3 Å². The molecule has 6 heteroatoms. The van der Waals surface area contributed by atoms with E-state index >= 15 is 0 Å². The number of aromatic nitrogens is 1. The lowest BCUT2D eigenvalue weighted by Crippen LogP contribution is -2.17. The van der Waals surface area contributed by atoms with Crippen molar-refractivity contribution in [3.05, 3.63) is 22.3 Å². The molecule has 0 amide bonds. The van der Waals surface area contributed by atoms with Gasteiger partial charge in [0.2, 0.25) is 5.88 Å². The second kappa shape index (κ2) is 9.35. The Labute approximate surface area is 134 Å². The largest absolute Gasteiger partial charge is 0.477 e. The van der Waals surface area contributed by atoms with Gasteiger partial charge >= 0.3 is 0 Å². The zero-order valence-corrected chi connectivity index (χ0v) is 14.0. The van der Waals surface area contributed by atoms with E-state index in [1.165, 1.54) is 12.8 Å². The Balaban J connectivity index is 1.70. The first-order chi connectivity index (χ1) is 10.3. The quantitative estimate of drug-likeness (QED) is 0.616. The van der Waals surface area contributed by atoms with Crippen molar-refractivity contribution in [2.75, 3.05) is 33.5 Å². The summed E-state index contributed by atoms with van der Waals surface area (Å²) < 4.78 is 17.1. The van der Waals surface area contributed by atoms with Crippen molar-refractivity contribution in [3.63, 3.8) is 0 Å². The standard InChI is InChI=1S/C15H23BrN2O3/c1-19-7-8-20-5-2-6-21-15-12(9-13(16)11-18-15)10-17-14-3-4-14/h9,11,14,17H,2-8,10H2,1H3. The van der Waals surface area contributed by atoms with Crippen LogP contribution in [0.4, 0.5) is 0 Å². The number of halogens is 1. The van der Waals surface area contributed by atoms with Crippen molar-refractivity contribution < 1.29 is 14.2 Å². The highest BCUT2D eigenvalue weighted by Crippen LogP contribution is 2.23. The van der Waals surface area contributed by atoms with E-state index in [9.17, 15) is 0 Å². The summed E-state index contributed by atoms with van der Waals surface area (Å²) in [6.07, 6.45) is 5.16. The molecule has 1 N–H and O–H groups in total. The Hall–Kier alpha value is -0.690. The minimum absolute atomic E-state index is 0.609. The van der Waals surface area contributed by atoms with E-state index in [2.05, 4.69) is 32.3 Å². The summed E-state index contributed by atoms with van der Waals surface area (Å²) in [5.74, 6) is 0.711. The maximum atomic E-state index is 5.77. The van der Waals surface area contributed by atoms with Crippen molar-refractivity contribution >= 4 is 15.9 Å².